The number of anilines is 1. The lowest BCUT2D eigenvalue weighted by Gasteiger charge is -2.16. The fourth-order valence-corrected chi connectivity index (χ4v) is 1.11. The van der Waals surface area contributed by atoms with Crippen LogP contribution in [0.1, 0.15) is 19.4 Å². The lowest BCUT2D eigenvalue weighted by Crippen LogP contribution is -2.29. The van der Waals surface area contributed by atoms with Crippen molar-refractivity contribution in [2.24, 2.45) is 5.41 Å². The van der Waals surface area contributed by atoms with Crippen molar-refractivity contribution in [3.8, 4) is 6.07 Å². The Hall–Kier alpha value is -1.89. The predicted molar refractivity (Wildman–Crippen MR) is 59.2 cm³/mol. The lowest BCUT2D eigenvalue weighted by molar-refractivity contribution is -0.121. The number of rotatable bonds is 2. The summed E-state index contributed by atoms with van der Waals surface area (Å²) in [6.07, 6.45) is 0. The molecular weight excluding hydrogens is 207 g/mol. The molecule has 1 rings (SSSR count). The molecule has 1 aromatic rings. The van der Waals surface area contributed by atoms with E-state index in [9.17, 15) is 9.18 Å². The molecule has 1 N–H and O–H groups in total. The van der Waals surface area contributed by atoms with E-state index in [4.69, 9.17) is 5.26 Å². The van der Waals surface area contributed by atoms with Crippen LogP contribution in [0.25, 0.3) is 0 Å². The van der Waals surface area contributed by atoms with E-state index >= 15 is 0 Å². The van der Waals surface area contributed by atoms with E-state index < -0.39 is 17.1 Å². The van der Waals surface area contributed by atoms with Crippen LogP contribution in [0.4, 0.5) is 10.1 Å². The van der Waals surface area contributed by atoms with Crippen LogP contribution in [0.3, 0.4) is 0 Å². The smallest absolute Gasteiger partial charge is 0.244 e. The number of amides is 1. The molecule has 0 atom stereocenters. The van der Waals surface area contributed by atoms with Crippen LogP contribution in [-0.4, -0.2) is 5.91 Å². The second-order valence-corrected chi connectivity index (χ2v) is 4.12. The monoisotopic (exact) mass is 220 g/mol. The van der Waals surface area contributed by atoms with Crippen molar-refractivity contribution in [3.63, 3.8) is 0 Å². The first kappa shape index (κ1) is 12.2. The standard InChI is InChI=1S/C12H13FN2O/c1-8-5-4-6-9(13)10(8)15-11(16)12(2,3)7-14/h4-6H,1-3H3,(H,15,16). The van der Waals surface area contributed by atoms with Gasteiger partial charge in [-0.15, -0.1) is 0 Å². The molecule has 0 aromatic heterocycles. The molecule has 0 unspecified atom stereocenters. The molecule has 3 nitrogen and oxygen atoms in total. The van der Waals surface area contributed by atoms with Gasteiger partial charge in [-0.25, -0.2) is 4.39 Å². The Balaban J connectivity index is 2.99. The van der Waals surface area contributed by atoms with Crippen LogP contribution in [0.5, 0.6) is 0 Å². The summed E-state index contributed by atoms with van der Waals surface area (Å²) >= 11 is 0. The largest absolute Gasteiger partial charge is 0.322 e. The highest BCUT2D eigenvalue weighted by molar-refractivity contribution is 5.97. The molecule has 0 bridgehead atoms. The maximum Gasteiger partial charge on any atom is 0.244 e. The molecule has 16 heavy (non-hydrogen) atoms. The van der Waals surface area contributed by atoms with Gasteiger partial charge in [0.25, 0.3) is 0 Å². The Labute approximate surface area is 93.9 Å². The normalized spacial score (nSPS) is 10.7. The molecule has 0 aliphatic heterocycles. The number of nitrogens with zero attached hydrogens (tertiary/aromatic N) is 1. The molecule has 1 amide bonds. The predicted octanol–water partition coefficient (Wildman–Crippen LogP) is 2.62. The molecule has 0 aliphatic rings. The second-order valence-electron chi connectivity index (χ2n) is 4.12. The van der Waals surface area contributed by atoms with E-state index in [0.29, 0.717) is 5.56 Å². The number of carbonyl (C=O) groups is 1. The van der Waals surface area contributed by atoms with Crippen molar-refractivity contribution in [2.75, 3.05) is 5.32 Å². The first-order chi connectivity index (χ1) is 7.38. The van der Waals surface area contributed by atoms with Crippen molar-refractivity contribution in [1.29, 1.82) is 5.26 Å². The molecule has 0 saturated carbocycles. The quantitative estimate of drug-likeness (QED) is 0.832. The number of hydrogen-bond acceptors (Lipinski definition) is 2. The van der Waals surface area contributed by atoms with Crippen molar-refractivity contribution in [3.05, 3.63) is 29.6 Å². The lowest BCUT2D eigenvalue weighted by atomic mass is 9.94. The molecule has 0 aliphatic carbocycles. The summed E-state index contributed by atoms with van der Waals surface area (Å²) in [5, 5.41) is 11.2. The summed E-state index contributed by atoms with van der Waals surface area (Å²) in [5.74, 6) is -1.01. The van der Waals surface area contributed by atoms with E-state index in [0.717, 1.165) is 0 Å². The first-order valence-corrected chi connectivity index (χ1v) is 4.86. The Kier molecular flexibility index (Phi) is 3.28. The molecule has 0 fully saturated rings. The van der Waals surface area contributed by atoms with E-state index in [-0.39, 0.29) is 5.69 Å². The SMILES string of the molecule is Cc1cccc(F)c1NC(=O)C(C)(C)C#N. The molecule has 1 aromatic carbocycles. The van der Waals surface area contributed by atoms with E-state index in [1.807, 2.05) is 6.07 Å². The highest BCUT2D eigenvalue weighted by atomic mass is 19.1. The van der Waals surface area contributed by atoms with Crippen LogP contribution in [0.2, 0.25) is 0 Å². The molecule has 4 heteroatoms. The van der Waals surface area contributed by atoms with E-state index in [1.165, 1.54) is 19.9 Å². The van der Waals surface area contributed by atoms with Gasteiger partial charge in [0.05, 0.1) is 11.8 Å². The minimum Gasteiger partial charge on any atom is -0.322 e. The van der Waals surface area contributed by atoms with Crippen LogP contribution in [-0.2, 0) is 4.79 Å². The van der Waals surface area contributed by atoms with Gasteiger partial charge in [0, 0.05) is 0 Å². The van der Waals surface area contributed by atoms with Gasteiger partial charge in [0.15, 0.2) is 0 Å². The molecule has 84 valence electrons. The Morgan fingerprint density at radius 3 is 2.62 bits per heavy atom. The first-order valence-electron chi connectivity index (χ1n) is 4.86. The van der Waals surface area contributed by atoms with Crippen LogP contribution in [0, 0.1) is 29.5 Å². The number of para-hydroxylation sites is 1. The third-order valence-corrected chi connectivity index (χ3v) is 2.31. The summed E-state index contributed by atoms with van der Waals surface area (Å²) in [7, 11) is 0. The second kappa shape index (κ2) is 4.31. The minimum atomic E-state index is -1.17. The Morgan fingerprint density at radius 1 is 1.50 bits per heavy atom. The van der Waals surface area contributed by atoms with E-state index in [1.54, 1.807) is 19.1 Å². The average Bonchev–Trinajstić information content (AvgIpc) is 2.23. The van der Waals surface area contributed by atoms with Crippen LogP contribution in [0.15, 0.2) is 18.2 Å². The van der Waals surface area contributed by atoms with Gasteiger partial charge in [-0.3, -0.25) is 4.79 Å². The summed E-state index contributed by atoms with van der Waals surface area (Å²) in [6, 6.07) is 6.39. The number of carbonyl (C=O) groups excluding carboxylic acids is 1. The van der Waals surface area contributed by atoms with Crippen molar-refractivity contribution in [1.82, 2.24) is 0 Å². The molecule has 0 spiro atoms. The third-order valence-electron chi connectivity index (χ3n) is 2.31. The van der Waals surface area contributed by atoms with Gasteiger partial charge in [0.1, 0.15) is 11.2 Å². The van der Waals surface area contributed by atoms with Gasteiger partial charge in [-0.05, 0) is 32.4 Å². The number of aryl methyl sites for hydroxylation is 1. The summed E-state index contributed by atoms with van der Waals surface area (Å²) in [6.45, 7) is 4.66. The number of halogens is 1. The summed E-state index contributed by atoms with van der Waals surface area (Å²) in [5.41, 5.74) is -0.410. The summed E-state index contributed by atoms with van der Waals surface area (Å²) in [4.78, 5) is 11.7. The maximum absolute atomic E-state index is 13.4. The van der Waals surface area contributed by atoms with Gasteiger partial charge < -0.3 is 5.32 Å². The fraction of sp³-hybridized carbons (Fsp3) is 0.333. The van der Waals surface area contributed by atoms with Crippen LogP contribution >= 0.6 is 0 Å². The molecule has 0 saturated heterocycles. The minimum absolute atomic E-state index is 0.135. The van der Waals surface area contributed by atoms with Crippen LogP contribution < -0.4 is 5.32 Å². The highest BCUT2D eigenvalue weighted by Gasteiger charge is 2.28. The van der Waals surface area contributed by atoms with Gasteiger partial charge in [-0.1, -0.05) is 12.1 Å². The topological polar surface area (TPSA) is 52.9 Å². The molecule has 0 radical (unpaired) electrons. The van der Waals surface area contributed by atoms with Gasteiger partial charge >= 0.3 is 0 Å². The average molecular weight is 220 g/mol. The van der Waals surface area contributed by atoms with Gasteiger partial charge in [-0.2, -0.15) is 5.26 Å². The van der Waals surface area contributed by atoms with E-state index in [2.05, 4.69) is 5.32 Å². The highest BCUT2D eigenvalue weighted by Crippen LogP contribution is 2.22. The zero-order valence-corrected chi connectivity index (χ0v) is 9.47. The molecule has 0 heterocycles. The van der Waals surface area contributed by atoms with Crippen molar-refractivity contribution in [2.45, 2.75) is 20.8 Å². The maximum atomic E-state index is 13.4. The summed E-state index contributed by atoms with van der Waals surface area (Å²) < 4.78 is 13.4. The van der Waals surface area contributed by atoms with Gasteiger partial charge in [0.2, 0.25) is 5.91 Å². The third kappa shape index (κ3) is 2.37. The van der Waals surface area contributed by atoms with Crippen molar-refractivity contribution < 1.29 is 9.18 Å². The van der Waals surface area contributed by atoms with Crippen molar-refractivity contribution >= 4 is 11.6 Å². The number of nitrogens with one attached hydrogen (secondary N) is 1. The number of hydrogen-bond donors (Lipinski definition) is 1. The number of nitriles is 1. The zero-order valence-electron chi connectivity index (χ0n) is 9.47. The Morgan fingerprint density at radius 2 is 2.12 bits per heavy atom. The fourth-order valence-electron chi connectivity index (χ4n) is 1.11. The molecular formula is C12H13FN2O. The number of benzene rings is 1. The Bertz CT molecular complexity index is 440. The zero-order chi connectivity index (χ0) is 12.3.